The highest BCUT2D eigenvalue weighted by Gasteiger charge is 2.02. The van der Waals surface area contributed by atoms with Gasteiger partial charge in [0, 0.05) is 0 Å². The first-order valence-electron chi connectivity index (χ1n) is 5.22. The van der Waals surface area contributed by atoms with E-state index in [1.54, 1.807) is 4.80 Å². The monoisotopic (exact) mass is 209 g/mol. The first-order chi connectivity index (χ1) is 7.83. The molecule has 0 spiro atoms. The Hall–Kier alpha value is -2.16. The Bertz CT molecular complexity index is 607. The lowest BCUT2D eigenvalue weighted by molar-refractivity contribution is 0.765. The summed E-state index contributed by atoms with van der Waals surface area (Å²) in [4.78, 5) is 1.68. The van der Waals surface area contributed by atoms with Crippen molar-refractivity contribution in [3.63, 3.8) is 0 Å². The van der Waals surface area contributed by atoms with E-state index in [0.717, 1.165) is 16.7 Å². The molecular weight excluding hydrogens is 198 g/mol. The first-order valence-corrected chi connectivity index (χ1v) is 5.22. The molecule has 0 aliphatic heterocycles. The van der Waals surface area contributed by atoms with Crippen LogP contribution >= 0.6 is 0 Å². The van der Waals surface area contributed by atoms with Gasteiger partial charge < -0.3 is 0 Å². The predicted octanol–water partition coefficient (Wildman–Crippen LogP) is 2.73. The maximum Gasteiger partial charge on any atom is 0.113 e. The Morgan fingerprint density at radius 1 is 0.875 bits per heavy atom. The highest BCUT2D eigenvalue weighted by Crippen LogP contribution is 2.12. The highest BCUT2D eigenvalue weighted by molar-refractivity contribution is 5.73. The zero-order chi connectivity index (χ0) is 11.0. The molecule has 0 unspecified atom stereocenters. The summed E-state index contributed by atoms with van der Waals surface area (Å²) in [5.74, 6) is 0. The van der Waals surface area contributed by atoms with E-state index >= 15 is 0 Å². The fraction of sp³-hybridized carbons (Fsp3) is 0.0769. The normalized spacial score (nSPS) is 10.8. The van der Waals surface area contributed by atoms with Crippen LogP contribution in [0.2, 0.25) is 0 Å². The second-order valence-electron chi connectivity index (χ2n) is 3.82. The summed E-state index contributed by atoms with van der Waals surface area (Å²) in [6.45, 7) is 2.06. The van der Waals surface area contributed by atoms with Crippen molar-refractivity contribution < 1.29 is 0 Å². The highest BCUT2D eigenvalue weighted by atomic mass is 15.5. The van der Waals surface area contributed by atoms with Gasteiger partial charge in [-0.1, -0.05) is 24.3 Å². The Balaban J connectivity index is 2.19. The Labute approximate surface area is 93.3 Å². The van der Waals surface area contributed by atoms with Gasteiger partial charge in [0.1, 0.15) is 11.0 Å². The van der Waals surface area contributed by atoms with Crippen LogP contribution in [0, 0.1) is 6.92 Å². The summed E-state index contributed by atoms with van der Waals surface area (Å²) >= 11 is 0. The molecule has 3 heteroatoms. The molecular formula is C13H11N3. The average molecular weight is 209 g/mol. The third kappa shape index (κ3) is 1.46. The number of nitrogens with zero attached hydrogens (tertiary/aromatic N) is 3. The van der Waals surface area contributed by atoms with Crippen molar-refractivity contribution in [3.05, 3.63) is 54.1 Å². The van der Waals surface area contributed by atoms with Crippen LogP contribution in [-0.4, -0.2) is 15.0 Å². The SMILES string of the molecule is Cc1cccc(-n2nc3ccccc3n2)c1. The van der Waals surface area contributed by atoms with Crippen molar-refractivity contribution in [2.24, 2.45) is 0 Å². The van der Waals surface area contributed by atoms with E-state index in [1.807, 2.05) is 36.4 Å². The quantitative estimate of drug-likeness (QED) is 0.617. The lowest BCUT2D eigenvalue weighted by Gasteiger charge is -1.99. The van der Waals surface area contributed by atoms with Gasteiger partial charge in [-0.05, 0) is 36.8 Å². The summed E-state index contributed by atoms with van der Waals surface area (Å²) in [7, 11) is 0. The molecule has 1 heterocycles. The zero-order valence-corrected chi connectivity index (χ0v) is 8.96. The second-order valence-corrected chi connectivity index (χ2v) is 3.82. The van der Waals surface area contributed by atoms with E-state index in [1.165, 1.54) is 5.56 Å². The lowest BCUT2D eigenvalue weighted by atomic mass is 10.2. The molecule has 3 nitrogen and oxygen atoms in total. The van der Waals surface area contributed by atoms with Crippen molar-refractivity contribution in [1.82, 2.24) is 15.0 Å². The largest absolute Gasteiger partial charge is 0.150 e. The van der Waals surface area contributed by atoms with Gasteiger partial charge in [-0.2, -0.15) is 4.80 Å². The molecule has 3 aromatic rings. The maximum atomic E-state index is 4.43. The van der Waals surface area contributed by atoms with Crippen LogP contribution in [0.25, 0.3) is 16.7 Å². The molecule has 0 fully saturated rings. The Morgan fingerprint density at radius 2 is 1.56 bits per heavy atom. The van der Waals surface area contributed by atoms with E-state index < -0.39 is 0 Å². The van der Waals surface area contributed by atoms with Crippen molar-refractivity contribution in [2.45, 2.75) is 6.92 Å². The van der Waals surface area contributed by atoms with Crippen LogP contribution < -0.4 is 0 Å². The zero-order valence-electron chi connectivity index (χ0n) is 8.96. The van der Waals surface area contributed by atoms with E-state index in [2.05, 4.69) is 29.3 Å². The molecule has 0 atom stereocenters. The molecule has 1 aromatic heterocycles. The number of fused-ring (bicyclic) bond motifs is 1. The van der Waals surface area contributed by atoms with Crippen molar-refractivity contribution in [2.75, 3.05) is 0 Å². The molecule has 78 valence electrons. The minimum atomic E-state index is 0.920. The summed E-state index contributed by atoms with van der Waals surface area (Å²) in [6.07, 6.45) is 0. The van der Waals surface area contributed by atoms with Crippen LogP contribution in [0.1, 0.15) is 5.56 Å². The van der Waals surface area contributed by atoms with Crippen LogP contribution in [0.4, 0.5) is 0 Å². The topological polar surface area (TPSA) is 30.7 Å². The van der Waals surface area contributed by atoms with E-state index in [-0.39, 0.29) is 0 Å². The van der Waals surface area contributed by atoms with Gasteiger partial charge in [0.25, 0.3) is 0 Å². The van der Waals surface area contributed by atoms with E-state index in [9.17, 15) is 0 Å². The van der Waals surface area contributed by atoms with Crippen molar-refractivity contribution in [3.8, 4) is 5.69 Å². The number of aryl methyl sites for hydroxylation is 1. The Morgan fingerprint density at radius 3 is 2.19 bits per heavy atom. The van der Waals surface area contributed by atoms with Crippen molar-refractivity contribution >= 4 is 11.0 Å². The van der Waals surface area contributed by atoms with Gasteiger partial charge in [0.05, 0.1) is 5.69 Å². The number of hydrogen-bond acceptors (Lipinski definition) is 2. The number of rotatable bonds is 1. The minimum Gasteiger partial charge on any atom is -0.150 e. The molecule has 0 aliphatic carbocycles. The summed E-state index contributed by atoms with van der Waals surface area (Å²) in [6, 6.07) is 16.0. The van der Waals surface area contributed by atoms with Gasteiger partial charge in [0.2, 0.25) is 0 Å². The molecule has 16 heavy (non-hydrogen) atoms. The predicted molar refractivity (Wildman–Crippen MR) is 63.6 cm³/mol. The Kier molecular flexibility index (Phi) is 1.96. The van der Waals surface area contributed by atoms with Gasteiger partial charge in [-0.3, -0.25) is 0 Å². The van der Waals surface area contributed by atoms with Gasteiger partial charge in [-0.15, -0.1) is 10.2 Å². The molecule has 0 amide bonds. The molecule has 0 N–H and O–H groups in total. The van der Waals surface area contributed by atoms with Crippen LogP contribution in [0.15, 0.2) is 48.5 Å². The molecule has 0 saturated heterocycles. The van der Waals surface area contributed by atoms with Gasteiger partial charge in [0.15, 0.2) is 0 Å². The molecule has 0 aliphatic rings. The number of aromatic nitrogens is 3. The number of hydrogen-bond donors (Lipinski definition) is 0. The fourth-order valence-electron chi connectivity index (χ4n) is 1.73. The summed E-state index contributed by atoms with van der Waals surface area (Å²) < 4.78 is 0. The summed E-state index contributed by atoms with van der Waals surface area (Å²) in [5.41, 5.74) is 4.04. The fourth-order valence-corrected chi connectivity index (χ4v) is 1.73. The van der Waals surface area contributed by atoms with E-state index in [0.29, 0.717) is 0 Å². The first kappa shape index (κ1) is 9.09. The number of benzene rings is 2. The molecule has 2 aromatic carbocycles. The lowest BCUT2D eigenvalue weighted by Crippen LogP contribution is -1.98. The van der Waals surface area contributed by atoms with Crippen LogP contribution in [-0.2, 0) is 0 Å². The molecule has 0 bridgehead atoms. The molecule has 0 saturated carbocycles. The van der Waals surface area contributed by atoms with Crippen LogP contribution in [0.5, 0.6) is 0 Å². The second kappa shape index (κ2) is 3.45. The van der Waals surface area contributed by atoms with E-state index in [4.69, 9.17) is 0 Å². The maximum absolute atomic E-state index is 4.43. The average Bonchev–Trinajstić information content (AvgIpc) is 2.72. The van der Waals surface area contributed by atoms with Gasteiger partial charge in [-0.25, -0.2) is 0 Å². The van der Waals surface area contributed by atoms with Gasteiger partial charge >= 0.3 is 0 Å². The standard InChI is InChI=1S/C13H11N3/c1-10-5-4-6-11(9-10)16-14-12-7-2-3-8-13(12)15-16/h2-9H,1H3. The minimum absolute atomic E-state index is 0.920. The third-order valence-corrected chi connectivity index (χ3v) is 2.52. The smallest absolute Gasteiger partial charge is 0.113 e. The molecule has 3 rings (SSSR count). The van der Waals surface area contributed by atoms with Crippen LogP contribution in [0.3, 0.4) is 0 Å². The third-order valence-electron chi connectivity index (χ3n) is 2.52. The summed E-state index contributed by atoms with van der Waals surface area (Å²) in [5, 5.41) is 8.86. The van der Waals surface area contributed by atoms with Crippen molar-refractivity contribution in [1.29, 1.82) is 0 Å². The molecule has 0 radical (unpaired) electrons.